The van der Waals surface area contributed by atoms with E-state index in [1.54, 1.807) is 30.3 Å². The van der Waals surface area contributed by atoms with Gasteiger partial charge in [-0.3, -0.25) is 0 Å². The maximum Gasteiger partial charge on any atom is 0.421 e. The van der Waals surface area contributed by atoms with Gasteiger partial charge in [-0.2, -0.15) is 18.2 Å². The van der Waals surface area contributed by atoms with Crippen molar-refractivity contribution >= 4 is 34.7 Å². The summed E-state index contributed by atoms with van der Waals surface area (Å²) in [4.78, 5) is 7.78. The maximum atomic E-state index is 13.3. The molecule has 0 saturated carbocycles. The lowest BCUT2D eigenvalue weighted by atomic mass is 10.2. The van der Waals surface area contributed by atoms with E-state index in [4.69, 9.17) is 11.6 Å². The number of hydrogen-bond donors (Lipinski definition) is 2. The number of nitrogens with one attached hydrogen (secondary N) is 2. The van der Waals surface area contributed by atoms with Gasteiger partial charge in [0.2, 0.25) is 5.95 Å². The Bertz CT molecular complexity index is 911. The monoisotopic (exact) mass is 378 g/mol. The molecule has 0 radical (unpaired) electrons. The summed E-state index contributed by atoms with van der Waals surface area (Å²) < 4.78 is 39.8. The lowest BCUT2D eigenvalue weighted by molar-refractivity contribution is -0.137. The Morgan fingerprint density at radius 2 is 1.69 bits per heavy atom. The van der Waals surface area contributed by atoms with Crippen LogP contribution in [-0.2, 0) is 6.18 Å². The number of rotatable bonds is 4. The van der Waals surface area contributed by atoms with Crippen molar-refractivity contribution in [1.82, 2.24) is 9.97 Å². The number of alkyl halides is 3. The van der Waals surface area contributed by atoms with Crippen LogP contribution >= 0.6 is 11.6 Å². The van der Waals surface area contributed by atoms with Gasteiger partial charge in [-0.1, -0.05) is 23.7 Å². The predicted molar refractivity (Wildman–Crippen MR) is 96.2 cm³/mol. The van der Waals surface area contributed by atoms with Crippen molar-refractivity contribution in [3.8, 4) is 0 Å². The number of anilines is 4. The van der Waals surface area contributed by atoms with Gasteiger partial charge in [0.05, 0.1) is 0 Å². The molecule has 2 N–H and O–H groups in total. The average molecular weight is 379 g/mol. The van der Waals surface area contributed by atoms with Crippen LogP contribution < -0.4 is 10.6 Å². The zero-order valence-corrected chi connectivity index (χ0v) is 14.4. The highest BCUT2D eigenvalue weighted by Gasteiger charge is 2.35. The molecule has 2 aromatic carbocycles. The van der Waals surface area contributed by atoms with Gasteiger partial charge < -0.3 is 10.6 Å². The fourth-order valence-corrected chi connectivity index (χ4v) is 2.39. The lowest BCUT2D eigenvalue weighted by Gasteiger charge is -2.15. The lowest BCUT2D eigenvalue weighted by Crippen LogP contribution is -2.12. The minimum Gasteiger partial charge on any atom is -0.340 e. The Morgan fingerprint density at radius 3 is 2.35 bits per heavy atom. The predicted octanol–water partition coefficient (Wildman–Crippen LogP) is 5.94. The van der Waals surface area contributed by atoms with Crippen molar-refractivity contribution in [2.45, 2.75) is 13.1 Å². The summed E-state index contributed by atoms with van der Waals surface area (Å²) in [6.07, 6.45) is -3.83. The van der Waals surface area contributed by atoms with Crippen LogP contribution in [0.3, 0.4) is 0 Å². The van der Waals surface area contributed by atoms with Gasteiger partial charge in [-0.15, -0.1) is 0 Å². The van der Waals surface area contributed by atoms with Crippen LogP contribution in [0.25, 0.3) is 0 Å². The Balaban J connectivity index is 1.94. The summed E-state index contributed by atoms with van der Waals surface area (Å²) in [5.41, 5.74) is 1.16. The summed E-state index contributed by atoms with van der Waals surface area (Å²) in [5, 5.41) is 6.06. The molecule has 1 heterocycles. The molecule has 0 aliphatic heterocycles. The minimum atomic E-state index is -4.59. The molecule has 0 unspecified atom stereocenters. The highest BCUT2D eigenvalue weighted by molar-refractivity contribution is 6.30. The third-order valence-corrected chi connectivity index (χ3v) is 3.73. The molecule has 26 heavy (non-hydrogen) atoms. The van der Waals surface area contributed by atoms with Gasteiger partial charge in [-0.05, 0) is 48.9 Å². The van der Waals surface area contributed by atoms with Gasteiger partial charge in [0, 0.05) is 22.6 Å². The number of halogens is 4. The van der Waals surface area contributed by atoms with Crippen LogP contribution in [0.1, 0.15) is 11.1 Å². The number of hydrogen-bond acceptors (Lipinski definition) is 4. The van der Waals surface area contributed by atoms with Crippen molar-refractivity contribution in [1.29, 1.82) is 0 Å². The molecule has 0 aliphatic rings. The van der Waals surface area contributed by atoms with Gasteiger partial charge in [0.1, 0.15) is 11.4 Å². The zero-order valence-electron chi connectivity index (χ0n) is 13.6. The molecule has 0 bridgehead atoms. The molecule has 1 aromatic heterocycles. The van der Waals surface area contributed by atoms with Crippen LogP contribution in [0.5, 0.6) is 0 Å². The standard InChI is InChI=1S/C18H14ClF3N4/c1-11-3-2-4-14(9-11)25-17-23-10-15(18(20,21)22)16(26-17)24-13-7-5-12(19)6-8-13/h2-10H,1H3,(H2,23,24,25,26). The molecule has 0 spiro atoms. The van der Waals surface area contributed by atoms with Crippen molar-refractivity contribution in [3.63, 3.8) is 0 Å². The molecular formula is C18H14ClF3N4. The first-order chi connectivity index (χ1) is 12.3. The molecule has 0 atom stereocenters. The maximum absolute atomic E-state index is 13.3. The van der Waals surface area contributed by atoms with Crippen molar-refractivity contribution in [2.24, 2.45) is 0 Å². The fraction of sp³-hybridized carbons (Fsp3) is 0.111. The molecule has 0 fully saturated rings. The largest absolute Gasteiger partial charge is 0.421 e. The third-order valence-electron chi connectivity index (χ3n) is 3.48. The first kappa shape index (κ1) is 18.0. The topological polar surface area (TPSA) is 49.8 Å². The van der Waals surface area contributed by atoms with E-state index in [1.165, 1.54) is 0 Å². The third kappa shape index (κ3) is 4.43. The Labute approximate surface area is 153 Å². The molecule has 0 amide bonds. The second-order valence-corrected chi connectivity index (χ2v) is 6.02. The van der Waals surface area contributed by atoms with Crippen LogP contribution in [0.4, 0.5) is 36.3 Å². The highest BCUT2D eigenvalue weighted by atomic mass is 35.5. The summed E-state index contributed by atoms with van der Waals surface area (Å²) in [5.74, 6) is -0.287. The van der Waals surface area contributed by atoms with E-state index in [0.29, 0.717) is 16.4 Å². The minimum absolute atomic E-state index is 0.0556. The molecular weight excluding hydrogens is 365 g/mol. The molecule has 3 rings (SSSR count). The molecule has 134 valence electrons. The quantitative estimate of drug-likeness (QED) is 0.589. The summed E-state index contributed by atoms with van der Waals surface area (Å²) in [6.45, 7) is 1.91. The SMILES string of the molecule is Cc1cccc(Nc2ncc(C(F)(F)F)c(Nc3ccc(Cl)cc3)n2)c1. The Morgan fingerprint density at radius 1 is 0.962 bits per heavy atom. The van der Waals surface area contributed by atoms with Crippen molar-refractivity contribution in [2.75, 3.05) is 10.6 Å². The number of benzene rings is 2. The van der Waals surface area contributed by atoms with E-state index in [0.717, 1.165) is 11.8 Å². The van der Waals surface area contributed by atoms with Gasteiger partial charge in [-0.25, -0.2) is 4.98 Å². The molecule has 4 nitrogen and oxygen atoms in total. The van der Waals surface area contributed by atoms with Crippen molar-refractivity contribution in [3.05, 3.63) is 70.9 Å². The van der Waals surface area contributed by atoms with E-state index >= 15 is 0 Å². The molecule has 0 aliphatic carbocycles. The number of aryl methyl sites for hydroxylation is 1. The van der Waals surface area contributed by atoms with Crippen LogP contribution in [0.15, 0.2) is 54.7 Å². The molecule has 3 aromatic rings. The first-order valence-electron chi connectivity index (χ1n) is 7.62. The number of nitrogens with zero attached hydrogens (tertiary/aromatic N) is 2. The Kier molecular flexibility index (Phi) is 4.99. The summed E-state index contributed by atoms with van der Waals surface area (Å²) in [6, 6.07) is 13.6. The summed E-state index contributed by atoms with van der Waals surface area (Å²) >= 11 is 5.80. The zero-order chi connectivity index (χ0) is 18.7. The van der Waals surface area contributed by atoms with Crippen LogP contribution in [0, 0.1) is 6.92 Å². The smallest absolute Gasteiger partial charge is 0.340 e. The fourth-order valence-electron chi connectivity index (χ4n) is 2.27. The second-order valence-electron chi connectivity index (χ2n) is 5.58. The van der Waals surface area contributed by atoms with Crippen molar-refractivity contribution < 1.29 is 13.2 Å². The molecule has 0 saturated heterocycles. The van der Waals surface area contributed by atoms with E-state index < -0.39 is 11.7 Å². The molecule has 8 heteroatoms. The first-order valence-corrected chi connectivity index (χ1v) is 7.99. The Hall–Kier alpha value is -2.80. The van der Waals surface area contributed by atoms with Crippen LogP contribution in [-0.4, -0.2) is 9.97 Å². The van der Waals surface area contributed by atoms with Gasteiger partial charge >= 0.3 is 6.18 Å². The normalized spacial score (nSPS) is 11.3. The van der Waals surface area contributed by atoms with E-state index in [-0.39, 0.29) is 11.8 Å². The highest BCUT2D eigenvalue weighted by Crippen LogP contribution is 2.35. The van der Waals surface area contributed by atoms with E-state index in [1.807, 2.05) is 25.1 Å². The van der Waals surface area contributed by atoms with Crippen LogP contribution in [0.2, 0.25) is 5.02 Å². The van der Waals surface area contributed by atoms with Gasteiger partial charge in [0.15, 0.2) is 0 Å². The summed E-state index contributed by atoms with van der Waals surface area (Å²) in [7, 11) is 0. The van der Waals surface area contributed by atoms with Gasteiger partial charge in [0.25, 0.3) is 0 Å². The average Bonchev–Trinajstić information content (AvgIpc) is 2.56. The van der Waals surface area contributed by atoms with E-state index in [2.05, 4.69) is 20.6 Å². The second kappa shape index (κ2) is 7.21. The van der Waals surface area contributed by atoms with E-state index in [9.17, 15) is 13.2 Å². The number of aromatic nitrogens is 2.